The smallest absolute Gasteiger partial charge is 0.303 e. The first kappa shape index (κ1) is 15.0. The van der Waals surface area contributed by atoms with Crippen LogP contribution in [0.1, 0.15) is 33.1 Å². The van der Waals surface area contributed by atoms with Crippen molar-refractivity contribution in [2.75, 3.05) is 20.1 Å². The number of nitrogens with one attached hydrogen (secondary N) is 1. The lowest BCUT2D eigenvalue weighted by Crippen LogP contribution is -2.49. The number of carbonyl (C=O) groups excluding carboxylic acids is 1. The van der Waals surface area contributed by atoms with Gasteiger partial charge in [0, 0.05) is 25.4 Å². The number of carboxylic acid groups (broad SMARTS) is 1. The van der Waals surface area contributed by atoms with Crippen molar-refractivity contribution in [2.24, 2.45) is 11.8 Å². The number of hydrogen-bond acceptors (Lipinski definition) is 3. The zero-order chi connectivity index (χ0) is 13.7. The minimum atomic E-state index is -0.844. The Bertz CT molecular complexity index is 307. The summed E-state index contributed by atoms with van der Waals surface area (Å²) in [6, 6.07) is 0.228. The number of piperidine rings is 1. The van der Waals surface area contributed by atoms with Gasteiger partial charge >= 0.3 is 5.97 Å². The number of nitrogens with zero attached hydrogens (tertiary/aromatic N) is 1. The Labute approximate surface area is 109 Å². The van der Waals surface area contributed by atoms with Crippen LogP contribution in [0.3, 0.4) is 0 Å². The van der Waals surface area contributed by atoms with Crippen LogP contribution in [-0.4, -0.2) is 48.1 Å². The molecule has 1 amide bonds. The molecule has 1 aliphatic heterocycles. The third-order valence-corrected chi connectivity index (χ3v) is 3.51. The first-order valence-corrected chi connectivity index (χ1v) is 6.58. The average Bonchev–Trinajstić information content (AvgIpc) is 2.20. The second kappa shape index (κ2) is 6.73. The number of carbonyl (C=O) groups is 2. The highest BCUT2D eigenvalue weighted by Crippen LogP contribution is 2.16. The lowest BCUT2D eigenvalue weighted by molar-refractivity contribution is -0.138. The van der Waals surface area contributed by atoms with Gasteiger partial charge in [-0.25, -0.2) is 0 Å². The van der Waals surface area contributed by atoms with Gasteiger partial charge in [0.05, 0.1) is 0 Å². The molecule has 1 rings (SSSR count). The fraction of sp³-hybridized carbons (Fsp3) is 0.846. The van der Waals surface area contributed by atoms with Crippen molar-refractivity contribution < 1.29 is 14.7 Å². The first-order valence-electron chi connectivity index (χ1n) is 6.58. The molecule has 1 heterocycles. The normalized spacial score (nSPS) is 26.6. The maximum atomic E-state index is 11.8. The molecule has 0 aromatic carbocycles. The molecule has 0 aromatic heterocycles. The summed E-state index contributed by atoms with van der Waals surface area (Å²) in [5, 5.41) is 11.7. The Hall–Kier alpha value is -1.10. The molecule has 5 heteroatoms. The molecule has 2 N–H and O–H groups in total. The zero-order valence-electron chi connectivity index (χ0n) is 11.5. The maximum Gasteiger partial charge on any atom is 0.303 e. The standard InChI is InChI=1S/C13H24N2O3/c1-9(7-13(17)18)6-12(16)14-11-4-5-15(3)8-10(11)2/h9-11H,4-8H2,1-3H3,(H,14,16)(H,17,18). The van der Waals surface area contributed by atoms with Crippen LogP contribution in [0.2, 0.25) is 0 Å². The van der Waals surface area contributed by atoms with Crippen LogP contribution in [0.25, 0.3) is 0 Å². The first-order chi connectivity index (χ1) is 8.38. The summed E-state index contributed by atoms with van der Waals surface area (Å²) in [6.45, 7) is 5.93. The van der Waals surface area contributed by atoms with Gasteiger partial charge in [0.1, 0.15) is 0 Å². The number of carboxylic acids is 1. The molecule has 104 valence electrons. The van der Waals surface area contributed by atoms with E-state index in [0.29, 0.717) is 12.3 Å². The van der Waals surface area contributed by atoms with Crippen LogP contribution in [0.15, 0.2) is 0 Å². The van der Waals surface area contributed by atoms with Gasteiger partial charge in [-0.2, -0.15) is 0 Å². The van der Waals surface area contributed by atoms with Crippen molar-refractivity contribution in [2.45, 2.75) is 39.2 Å². The minimum absolute atomic E-state index is 0.0230. The van der Waals surface area contributed by atoms with Gasteiger partial charge in [-0.15, -0.1) is 0 Å². The van der Waals surface area contributed by atoms with Crippen molar-refractivity contribution in [3.05, 3.63) is 0 Å². The summed E-state index contributed by atoms with van der Waals surface area (Å²) in [6.07, 6.45) is 1.32. The van der Waals surface area contributed by atoms with Crippen LogP contribution in [-0.2, 0) is 9.59 Å². The molecule has 1 aliphatic rings. The van der Waals surface area contributed by atoms with Gasteiger partial charge < -0.3 is 15.3 Å². The quantitative estimate of drug-likeness (QED) is 0.768. The fourth-order valence-electron chi connectivity index (χ4n) is 2.52. The molecule has 0 aromatic rings. The number of rotatable bonds is 5. The molecular weight excluding hydrogens is 232 g/mol. The van der Waals surface area contributed by atoms with E-state index in [1.165, 1.54) is 0 Å². The molecule has 0 saturated carbocycles. The van der Waals surface area contributed by atoms with E-state index in [1.54, 1.807) is 6.92 Å². The molecule has 0 aliphatic carbocycles. The number of amides is 1. The van der Waals surface area contributed by atoms with E-state index >= 15 is 0 Å². The highest BCUT2D eigenvalue weighted by Gasteiger charge is 2.25. The van der Waals surface area contributed by atoms with Gasteiger partial charge in [-0.05, 0) is 31.8 Å². The Kier molecular flexibility index (Phi) is 5.59. The molecule has 1 fully saturated rings. The third kappa shape index (κ3) is 5.04. The lowest BCUT2D eigenvalue weighted by Gasteiger charge is -2.35. The largest absolute Gasteiger partial charge is 0.481 e. The van der Waals surface area contributed by atoms with Crippen molar-refractivity contribution in [3.63, 3.8) is 0 Å². The van der Waals surface area contributed by atoms with Gasteiger partial charge in [-0.1, -0.05) is 13.8 Å². The van der Waals surface area contributed by atoms with E-state index in [1.807, 2.05) is 0 Å². The SMILES string of the molecule is CC(CC(=O)O)CC(=O)NC1CCN(C)CC1C. The zero-order valence-corrected chi connectivity index (χ0v) is 11.5. The van der Waals surface area contributed by atoms with Crippen molar-refractivity contribution in [3.8, 4) is 0 Å². The Balaban J connectivity index is 2.33. The molecule has 0 spiro atoms. The molecule has 18 heavy (non-hydrogen) atoms. The molecule has 3 unspecified atom stereocenters. The van der Waals surface area contributed by atoms with Crippen LogP contribution in [0.4, 0.5) is 0 Å². The second-order valence-electron chi connectivity index (χ2n) is 5.61. The molecule has 3 atom stereocenters. The maximum absolute atomic E-state index is 11.8. The van der Waals surface area contributed by atoms with E-state index < -0.39 is 5.97 Å². The molecule has 5 nitrogen and oxygen atoms in total. The van der Waals surface area contributed by atoms with Gasteiger partial charge in [0.15, 0.2) is 0 Å². The number of aliphatic carboxylic acids is 1. The Morgan fingerprint density at radius 2 is 2.11 bits per heavy atom. The Morgan fingerprint density at radius 3 is 2.67 bits per heavy atom. The summed E-state index contributed by atoms with van der Waals surface area (Å²) in [5.41, 5.74) is 0. The molecule has 0 bridgehead atoms. The van der Waals surface area contributed by atoms with Gasteiger partial charge in [0.2, 0.25) is 5.91 Å². The minimum Gasteiger partial charge on any atom is -0.481 e. The monoisotopic (exact) mass is 256 g/mol. The predicted molar refractivity (Wildman–Crippen MR) is 69.2 cm³/mol. The van der Waals surface area contributed by atoms with Crippen LogP contribution in [0.5, 0.6) is 0 Å². The second-order valence-corrected chi connectivity index (χ2v) is 5.61. The summed E-state index contributed by atoms with van der Waals surface area (Å²) in [4.78, 5) is 24.6. The summed E-state index contributed by atoms with van der Waals surface area (Å²) in [7, 11) is 2.09. The molecule has 1 saturated heterocycles. The molecule has 0 radical (unpaired) electrons. The van der Waals surface area contributed by atoms with Crippen molar-refractivity contribution >= 4 is 11.9 Å². The lowest BCUT2D eigenvalue weighted by atomic mass is 9.93. The van der Waals surface area contributed by atoms with E-state index in [0.717, 1.165) is 19.5 Å². The van der Waals surface area contributed by atoms with Crippen molar-refractivity contribution in [1.82, 2.24) is 10.2 Å². The van der Waals surface area contributed by atoms with Crippen LogP contribution in [0, 0.1) is 11.8 Å². The predicted octanol–water partition coefficient (Wildman–Crippen LogP) is 0.944. The summed E-state index contributed by atoms with van der Waals surface area (Å²) in [5.74, 6) is -0.528. The van der Waals surface area contributed by atoms with Gasteiger partial charge in [0.25, 0.3) is 0 Å². The highest BCUT2D eigenvalue weighted by molar-refractivity contribution is 5.77. The fourth-order valence-corrected chi connectivity index (χ4v) is 2.52. The topological polar surface area (TPSA) is 69.6 Å². The number of likely N-dealkylation sites (tertiary alicyclic amines) is 1. The third-order valence-electron chi connectivity index (χ3n) is 3.51. The average molecular weight is 256 g/mol. The summed E-state index contributed by atoms with van der Waals surface area (Å²) < 4.78 is 0. The van der Waals surface area contributed by atoms with Crippen molar-refractivity contribution in [1.29, 1.82) is 0 Å². The van der Waals surface area contributed by atoms with E-state index in [2.05, 4.69) is 24.2 Å². The molecular formula is C13H24N2O3. The van der Waals surface area contributed by atoms with Gasteiger partial charge in [-0.3, -0.25) is 9.59 Å². The van der Waals surface area contributed by atoms with E-state index in [4.69, 9.17) is 5.11 Å². The highest BCUT2D eigenvalue weighted by atomic mass is 16.4. The van der Waals surface area contributed by atoms with Crippen LogP contribution >= 0.6 is 0 Å². The Morgan fingerprint density at radius 1 is 1.44 bits per heavy atom. The van der Waals surface area contributed by atoms with E-state index in [9.17, 15) is 9.59 Å². The number of hydrogen-bond donors (Lipinski definition) is 2. The van der Waals surface area contributed by atoms with Crippen LogP contribution < -0.4 is 5.32 Å². The van der Waals surface area contributed by atoms with E-state index in [-0.39, 0.29) is 24.3 Å². The summed E-state index contributed by atoms with van der Waals surface area (Å²) >= 11 is 0.